The highest BCUT2D eigenvalue weighted by molar-refractivity contribution is 5.76. The predicted octanol–water partition coefficient (Wildman–Crippen LogP) is 8.11. The molecule has 0 spiro atoms. The topological polar surface area (TPSA) is 149 Å². The molecule has 0 aromatic rings. The summed E-state index contributed by atoms with van der Waals surface area (Å²) >= 11 is 0. The first-order valence-corrected chi connectivity index (χ1v) is 21.2. The van der Waals surface area contributed by atoms with Gasteiger partial charge < -0.3 is 40.3 Å². The first-order chi connectivity index (χ1) is 25.3. The molecule has 1 saturated heterocycles. The molecule has 1 heterocycles. The normalized spacial score (nSPS) is 22.2. The number of nitrogens with one attached hydrogen (secondary N) is 1. The SMILES string of the molecule is CCCCCCCC/C=C/CCCCCCCC(=O)N[C@@H](CO[C@H]1O[C@@H](CO)[C@H](O)C(O)C1O)[C@H](O)/C=C/CC/C=C/CCCCCCCCCC. The van der Waals surface area contributed by atoms with Crippen molar-refractivity contribution in [3.63, 3.8) is 0 Å². The van der Waals surface area contributed by atoms with Crippen LogP contribution in [0.3, 0.4) is 0 Å². The number of aliphatic hydroxyl groups excluding tert-OH is 5. The Kier molecular flexibility index (Phi) is 31.6. The van der Waals surface area contributed by atoms with Gasteiger partial charge in [0.25, 0.3) is 0 Å². The second kappa shape index (κ2) is 33.9. The molecular weight excluding hydrogens is 658 g/mol. The molecule has 304 valence electrons. The van der Waals surface area contributed by atoms with Gasteiger partial charge in [0.05, 0.1) is 25.4 Å². The van der Waals surface area contributed by atoms with Crippen LogP contribution >= 0.6 is 0 Å². The molecule has 1 aliphatic rings. The van der Waals surface area contributed by atoms with Crippen LogP contribution in [0.4, 0.5) is 0 Å². The van der Waals surface area contributed by atoms with E-state index in [2.05, 4.69) is 43.5 Å². The molecule has 7 atom stereocenters. The Morgan fingerprint density at radius 2 is 1.10 bits per heavy atom. The molecule has 9 nitrogen and oxygen atoms in total. The number of hydrogen-bond donors (Lipinski definition) is 6. The molecule has 6 N–H and O–H groups in total. The van der Waals surface area contributed by atoms with Gasteiger partial charge in [0.15, 0.2) is 6.29 Å². The quantitative estimate of drug-likeness (QED) is 0.0287. The maximum atomic E-state index is 12.9. The first-order valence-electron chi connectivity index (χ1n) is 21.2. The van der Waals surface area contributed by atoms with E-state index in [1.807, 2.05) is 6.08 Å². The van der Waals surface area contributed by atoms with Crippen LogP contribution in [0.2, 0.25) is 0 Å². The van der Waals surface area contributed by atoms with Crippen LogP contribution in [0.1, 0.15) is 174 Å². The highest BCUT2D eigenvalue weighted by Gasteiger charge is 2.44. The molecule has 2 unspecified atom stereocenters. The largest absolute Gasteiger partial charge is 0.394 e. The fraction of sp³-hybridized carbons (Fsp3) is 0.837. The average molecular weight is 738 g/mol. The third-order valence-electron chi connectivity index (χ3n) is 9.94. The molecule has 0 aliphatic carbocycles. The van der Waals surface area contributed by atoms with Crippen molar-refractivity contribution in [2.75, 3.05) is 13.2 Å². The Bertz CT molecular complexity index is 910. The number of unbranched alkanes of at least 4 members (excludes halogenated alkanes) is 20. The number of aliphatic hydroxyl groups is 5. The van der Waals surface area contributed by atoms with E-state index in [1.165, 1.54) is 96.3 Å². The average Bonchev–Trinajstić information content (AvgIpc) is 3.14. The lowest BCUT2D eigenvalue weighted by atomic mass is 9.99. The third kappa shape index (κ3) is 24.7. The van der Waals surface area contributed by atoms with Crippen LogP contribution in [0, 0.1) is 0 Å². The molecule has 0 aromatic heterocycles. The van der Waals surface area contributed by atoms with Crippen molar-refractivity contribution in [2.24, 2.45) is 0 Å². The van der Waals surface area contributed by atoms with Gasteiger partial charge in [0.1, 0.15) is 24.4 Å². The highest BCUT2D eigenvalue weighted by atomic mass is 16.7. The third-order valence-corrected chi connectivity index (χ3v) is 9.94. The van der Waals surface area contributed by atoms with E-state index in [9.17, 15) is 30.3 Å². The van der Waals surface area contributed by atoms with E-state index in [1.54, 1.807) is 6.08 Å². The van der Waals surface area contributed by atoms with Crippen molar-refractivity contribution < 1.29 is 39.8 Å². The fourth-order valence-corrected chi connectivity index (χ4v) is 6.46. The molecule has 1 fully saturated rings. The summed E-state index contributed by atoms with van der Waals surface area (Å²) in [6, 6.07) is -0.822. The summed E-state index contributed by atoms with van der Waals surface area (Å²) in [5.74, 6) is -0.198. The van der Waals surface area contributed by atoms with Crippen LogP contribution in [-0.4, -0.2) is 87.5 Å². The number of hydrogen-bond acceptors (Lipinski definition) is 8. The Balaban J connectivity index is 2.44. The first kappa shape index (κ1) is 48.4. The summed E-state index contributed by atoms with van der Waals surface area (Å²) in [4.78, 5) is 12.9. The van der Waals surface area contributed by atoms with Crippen molar-refractivity contribution >= 4 is 5.91 Å². The summed E-state index contributed by atoms with van der Waals surface area (Å²) in [6.45, 7) is 3.72. The summed E-state index contributed by atoms with van der Waals surface area (Å²) in [5.41, 5.74) is 0. The van der Waals surface area contributed by atoms with Gasteiger partial charge in [-0.3, -0.25) is 4.79 Å². The number of ether oxygens (including phenoxy) is 2. The van der Waals surface area contributed by atoms with Crippen LogP contribution in [-0.2, 0) is 14.3 Å². The van der Waals surface area contributed by atoms with Gasteiger partial charge in [-0.1, -0.05) is 147 Å². The monoisotopic (exact) mass is 738 g/mol. The molecule has 1 amide bonds. The maximum absolute atomic E-state index is 12.9. The lowest BCUT2D eigenvalue weighted by Gasteiger charge is -2.40. The van der Waals surface area contributed by atoms with Crippen molar-refractivity contribution in [2.45, 2.75) is 217 Å². The van der Waals surface area contributed by atoms with Crippen LogP contribution in [0.15, 0.2) is 36.5 Å². The molecular formula is C43H79NO8. The van der Waals surface area contributed by atoms with Crippen molar-refractivity contribution in [3.8, 4) is 0 Å². The minimum Gasteiger partial charge on any atom is -0.394 e. The Labute approximate surface area is 317 Å². The Morgan fingerprint density at radius 1 is 0.635 bits per heavy atom. The molecule has 0 radical (unpaired) electrons. The van der Waals surface area contributed by atoms with E-state index in [4.69, 9.17) is 9.47 Å². The standard InChI is InChI=1S/C43H79NO8/c1-3-5-7-9-11-13-15-17-19-21-23-25-27-29-31-33-39(47)44-36(35-51-43-42(50)41(49)40(48)38(34-45)52-43)37(46)32-30-28-26-24-22-20-18-16-14-12-10-8-6-4-2/h17,19,22,24,30,32,36-38,40-43,45-46,48-50H,3-16,18,20-21,23,25-29,31,33-35H2,1-2H3,(H,44,47)/b19-17+,24-22+,32-30+/t36-,37+,38-,40-,41?,42?,43-/m0/s1. The van der Waals surface area contributed by atoms with Crippen molar-refractivity contribution in [3.05, 3.63) is 36.5 Å². The molecule has 1 aliphatic heterocycles. The van der Waals surface area contributed by atoms with Gasteiger partial charge in [-0.15, -0.1) is 0 Å². The number of carbonyl (C=O) groups excluding carboxylic acids is 1. The second-order valence-corrected chi connectivity index (χ2v) is 14.8. The van der Waals surface area contributed by atoms with Crippen molar-refractivity contribution in [1.82, 2.24) is 5.32 Å². The van der Waals surface area contributed by atoms with Crippen LogP contribution < -0.4 is 5.32 Å². The number of carbonyl (C=O) groups is 1. The summed E-state index contributed by atoms with van der Waals surface area (Å²) < 4.78 is 11.2. The van der Waals surface area contributed by atoms with Gasteiger partial charge in [0.2, 0.25) is 5.91 Å². The van der Waals surface area contributed by atoms with E-state index >= 15 is 0 Å². The molecule has 9 heteroatoms. The molecule has 0 bridgehead atoms. The van der Waals surface area contributed by atoms with E-state index in [-0.39, 0.29) is 12.5 Å². The second-order valence-electron chi connectivity index (χ2n) is 14.8. The molecule has 0 saturated carbocycles. The zero-order chi connectivity index (χ0) is 38.1. The summed E-state index contributed by atoms with van der Waals surface area (Å²) in [7, 11) is 0. The zero-order valence-electron chi connectivity index (χ0n) is 33.1. The maximum Gasteiger partial charge on any atom is 0.220 e. The molecule has 1 rings (SSSR count). The lowest BCUT2D eigenvalue weighted by Crippen LogP contribution is -2.60. The Hall–Kier alpha value is -1.59. The van der Waals surface area contributed by atoms with E-state index in [0.29, 0.717) is 6.42 Å². The van der Waals surface area contributed by atoms with Crippen LogP contribution in [0.5, 0.6) is 0 Å². The fourth-order valence-electron chi connectivity index (χ4n) is 6.46. The Morgan fingerprint density at radius 3 is 1.62 bits per heavy atom. The highest BCUT2D eigenvalue weighted by Crippen LogP contribution is 2.22. The molecule has 0 aromatic carbocycles. The minimum atomic E-state index is -1.57. The predicted molar refractivity (Wildman–Crippen MR) is 212 cm³/mol. The van der Waals surface area contributed by atoms with E-state index < -0.39 is 49.5 Å². The summed E-state index contributed by atoms with van der Waals surface area (Å²) in [6.07, 6.45) is 33.3. The van der Waals surface area contributed by atoms with E-state index in [0.717, 1.165) is 57.8 Å². The molecule has 52 heavy (non-hydrogen) atoms. The van der Waals surface area contributed by atoms with Gasteiger partial charge in [-0.05, 0) is 57.8 Å². The van der Waals surface area contributed by atoms with Crippen LogP contribution in [0.25, 0.3) is 0 Å². The van der Waals surface area contributed by atoms with Crippen molar-refractivity contribution in [1.29, 1.82) is 0 Å². The van der Waals surface area contributed by atoms with Gasteiger partial charge in [0, 0.05) is 6.42 Å². The van der Waals surface area contributed by atoms with Gasteiger partial charge >= 0.3 is 0 Å². The summed E-state index contributed by atoms with van der Waals surface area (Å²) in [5, 5.41) is 54.0. The number of rotatable bonds is 34. The number of amides is 1. The lowest BCUT2D eigenvalue weighted by molar-refractivity contribution is -0.302. The minimum absolute atomic E-state index is 0.198. The smallest absolute Gasteiger partial charge is 0.220 e. The van der Waals surface area contributed by atoms with Gasteiger partial charge in [-0.25, -0.2) is 0 Å². The van der Waals surface area contributed by atoms with Gasteiger partial charge in [-0.2, -0.15) is 0 Å². The number of allylic oxidation sites excluding steroid dienone is 5. The zero-order valence-corrected chi connectivity index (χ0v) is 33.1.